The van der Waals surface area contributed by atoms with Gasteiger partial charge in [-0.15, -0.1) is 0 Å². The zero-order chi connectivity index (χ0) is 9.86. The zero-order valence-corrected chi connectivity index (χ0v) is 9.31. The molecule has 2 aliphatic rings. The topological polar surface area (TPSA) is 33.0 Å². The Labute approximate surface area is 90.0 Å². The highest BCUT2D eigenvalue weighted by Gasteiger charge is 2.42. The van der Waals surface area contributed by atoms with E-state index >= 15 is 0 Å². The minimum atomic E-state index is 0.401. The molecule has 78 valence electrons. The van der Waals surface area contributed by atoms with Crippen molar-refractivity contribution < 1.29 is 4.74 Å². The molecular weight excluding hydrogens is 194 g/mol. The van der Waals surface area contributed by atoms with Gasteiger partial charge in [-0.05, 0) is 31.1 Å². The van der Waals surface area contributed by atoms with Crippen LogP contribution >= 0.6 is 11.8 Å². The predicted molar refractivity (Wildman–Crippen MR) is 58.2 cm³/mol. The number of hydrogen-bond acceptors (Lipinski definition) is 3. The van der Waals surface area contributed by atoms with E-state index in [0.717, 1.165) is 18.8 Å². The van der Waals surface area contributed by atoms with Gasteiger partial charge in [0, 0.05) is 24.5 Å². The monoisotopic (exact) mass is 211 g/mol. The molecule has 1 saturated carbocycles. The Kier molecular flexibility index (Phi) is 3.35. The summed E-state index contributed by atoms with van der Waals surface area (Å²) in [6.07, 6.45) is 6.24. The Morgan fingerprint density at radius 3 is 2.93 bits per heavy atom. The molecule has 2 rings (SSSR count). The number of ether oxygens (including phenoxy) is 1. The molecule has 3 heteroatoms. The summed E-state index contributed by atoms with van der Waals surface area (Å²) in [7, 11) is 0. The highest BCUT2D eigenvalue weighted by molar-refractivity contribution is 7.99. The highest BCUT2D eigenvalue weighted by atomic mass is 32.2. The van der Waals surface area contributed by atoms with Crippen LogP contribution in [0.4, 0.5) is 0 Å². The quantitative estimate of drug-likeness (QED) is 0.700. The number of nitrogens with zero attached hydrogens (tertiary/aromatic N) is 1. The molecule has 14 heavy (non-hydrogen) atoms. The number of rotatable bonds is 5. The van der Waals surface area contributed by atoms with Crippen LogP contribution in [-0.4, -0.2) is 24.2 Å². The zero-order valence-electron chi connectivity index (χ0n) is 8.50. The molecule has 0 spiro atoms. The summed E-state index contributed by atoms with van der Waals surface area (Å²) in [6.45, 7) is 0.953. The van der Waals surface area contributed by atoms with Crippen LogP contribution in [0, 0.1) is 16.7 Å². The molecule has 0 aromatic rings. The van der Waals surface area contributed by atoms with Gasteiger partial charge < -0.3 is 4.74 Å². The van der Waals surface area contributed by atoms with Crippen molar-refractivity contribution in [3.05, 3.63) is 0 Å². The van der Waals surface area contributed by atoms with Crippen molar-refractivity contribution in [1.82, 2.24) is 0 Å². The maximum atomic E-state index is 8.67. The molecule has 1 saturated heterocycles. The van der Waals surface area contributed by atoms with Crippen LogP contribution in [0.25, 0.3) is 0 Å². The Hall–Kier alpha value is -0.200. The van der Waals surface area contributed by atoms with Crippen LogP contribution in [0.2, 0.25) is 0 Å². The lowest BCUT2D eigenvalue weighted by atomic mass is 10.1. The molecule has 2 fully saturated rings. The largest absolute Gasteiger partial charge is 0.377 e. The molecule has 2 nitrogen and oxygen atoms in total. The van der Waals surface area contributed by atoms with Crippen LogP contribution in [0.5, 0.6) is 0 Å². The molecule has 0 bridgehead atoms. The maximum absolute atomic E-state index is 8.67. The first-order valence-electron chi connectivity index (χ1n) is 5.41. The molecule has 1 aliphatic heterocycles. The van der Waals surface area contributed by atoms with Crippen molar-refractivity contribution in [2.75, 3.05) is 18.1 Å². The van der Waals surface area contributed by atoms with E-state index in [2.05, 4.69) is 6.07 Å². The predicted octanol–water partition coefficient (Wildman–Crippen LogP) is 2.59. The lowest BCUT2D eigenvalue weighted by Gasteiger charge is -2.12. The van der Waals surface area contributed by atoms with E-state index in [1.54, 1.807) is 0 Å². The summed E-state index contributed by atoms with van der Waals surface area (Å²) in [5.74, 6) is 2.30. The second-order valence-electron chi connectivity index (χ2n) is 4.49. The lowest BCUT2D eigenvalue weighted by Crippen LogP contribution is -2.11. The van der Waals surface area contributed by atoms with Gasteiger partial charge in [0.05, 0.1) is 12.2 Å². The fourth-order valence-electron chi connectivity index (χ4n) is 1.90. The van der Waals surface area contributed by atoms with Crippen molar-refractivity contribution >= 4 is 11.8 Å². The van der Waals surface area contributed by atoms with Gasteiger partial charge in [-0.2, -0.15) is 17.0 Å². The molecule has 1 aliphatic carbocycles. The molecule has 1 unspecified atom stereocenters. The molecular formula is C11H17NOS. The lowest BCUT2D eigenvalue weighted by molar-refractivity contribution is 0.129. The van der Waals surface area contributed by atoms with Crippen molar-refractivity contribution in [3.63, 3.8) is 0 Å². The minimum Gasteiger partial charge on any atom is -0.377 e. The van der Waals surface area contributed by atoms with E-state index in [0.29, 0.717) is 11.5 Å². The highest BCUT2D eigenvalue weighted by Crippen LogP contribution is 2.50. The van der Waals surface area contributed by atoms with E-state index in [-0.39, 0.29) is 0 Å². The Balaban J connectivity index is 1.60. The third-order valence-electron chi connectivity index (χ3n) is 3.15. The second-order valence-corrected chi connectivity index (χ2v) is 5.52. The van der Waals surface area contributed by atoms with Gasteiger partial charge in [0.15, 0.2) is 0 Å². The SMILES string of the molecule is N#CCC1(CSCC2CCCO2)CC1. The van der Waals surface area contributed by atoms with E-state index in [1.807, 2.05) is 11.8 Å². The van der Waals surface area contributed by atoms with Gasteiger partial charge in [0.1, 0.15) is 0 Å². The fourth-order valence-corrected chi connectivity index (χ4v) is 3.37. The first-order valence-corrected chi connectivity index (χ1v) is 6.56. The van der Waals surface area contributed by atoms with Gasteiger partial charge in [0.25, 0.3) is 0 Å². The molecule has 0 radical (unpaired) electrons. The standard InChI is InChI=1S/C11H17NOS/c12-6-5-11(3-4-11)9-14-8-10-2-1-7-13-10/h10H,1-5,7-9H2. The molecule has 0 N–H and O–H groups in total. The van der Waals surface area contributed by atoms with Crippen LogP contribution < -0.4 is 0 Å². The van der Waals surface area contributed by atoms with Crippen molar-refractivity contribution in [3.8, 4) is 6.07 Å². The fraction of sp³-hybridized carbons (Fsp3) is 0.909. The number of thioether (sulfide) groups is 1. The van der Waals surface area contributed by atoms with Crippen molar-refractivity contribution in [1.29, 1.82) is 5.26 Å². The summed E-state index contributed by atoms with van der Waals surface area (Å²) in [4.78, 5) is 0. The third kappa shape index (κ3) is 2.65. The summed E-state index contributed by atoms with van der Waals surface area (Å²) >= 11 is 1.98. The summed E-state index contributed by atoms with van der Waals surface area (Å²) < 4.78 is 5.56. The van der Waals surface area contributed by atoms with E-state index in [4.69, 9.17) is 10.00 Å². The van der Waals surface area contributed by atoms with Crippen molar-refractivity contribution in [2.24, 2.45) is 5.41 Å². The van der Waals surface area contributed by atoms with Crippen LogP contribution in [0.3, 0.4) is 0 Å². The second kappa shape index (κ2) is 4.55. The summed E-state index contributed by atoms with van der Waals surface area (Å²) in [5, 5.41) is 8.67. The first-order chi connectivity index (χ1) is 6.85. The number of nitriles is 1. The smallest absolute Gasteiger partial charge is 0.0666 e. The summed E-state index contributed by atoms with van der Waals surface area (Å²) in [5.41, 5.74) is 0.401. The molecule has 0 amide bonds. The molecule has 1 atom stereocenters. The third-order valence-corrected chi connectivity index (χ3v) is 4.57. The van der Waals surface area contributed by atoms with Crippen LogP contribution in [-0.2, 0) is 4.74 Å². The molecule has 0 aromatic carbocycles. The van der Waals surface area contributed by atoms with Gasteiger partial charge >= 0.3 is 0 Å². The molecule has 1 heterocycles. The van der Waals surface area contributed by atoms with E-state index < -0.39 is 0 Å². The van der Waals surface area contributed by atoms with Gasteiger partial charge in [-0.1, -0.05) is 0 Å². The Morgan fingerprint density at radius 1 is 1.50 bits per heavy atom. The van der Waals surface area contributed by atoms with Gasteiger partial charge in [0.2, 0.25) is 0 Å². The number of hydrogen-bond donors (Lipinski definition) is 0. The maximum Gasteiger partial charge on any atom is 0.0666 e. The van der Waals surface area contributed by atoms with E-state index in [9.17, 15) is 0 Å². The minimum absolute atomic E-state index is 0.401. The average Bonchev–Trinajstić information content (AvgIpc) is 2.75. The van der Waals surface area contributed by atoms with Crippen LogP contribution in [0.15, 0.2) is 0 Å². The van der Waals surface area contributed by atoms with Gasteiger partial charge in [-0.3, -0.25) is 0 Å². The van der Waals surface area contributed by atoms with Crippen molar-refractivity contribution in [2.45, 2.75) is 38.2 Å². The van der Waals surface area contributed by atoms with Crippen LogP contribution in [0.1, 0.15) is 32.1 Å². The Bertz CT molecular complexity index is 226. The Morgan fingerprint density at radius 2 is 2.36 bits per heavy atom. The first kappa shape index (κ1) is 10.3. The molecule has 0 aromatic heterocycles. The van der Waals surface area contributed by atoms with Gasteiger partial charge in [-0.25, -0.2) is 0 Å². The summed E-state index contributed by atoms with van der Waals surface area (Å²) in [6, 6.07) is 2.30. The normalized spacial score (nSPS) is 28.6. The van der Waals surface area contributed by atoms with E-state index in [1.165, 1.54) is 31.4 Å². The average molecular weight is 211 g/mol.